The van der Waals surface area contributed by atoms with Crippen LogP contribution in [0.4, 0.5) is 0 Å². The van der Waals surface area contributed by atoms with E-state index in [4.69, 9.17) is 4.74 Å². The van der Waals surface area contributed by atoms with E-state index in [0.29, 0.717) is 25.9 Å². The van der Waals surface area contributed by atoms with Gasteiger partial charge in [-0.1, -0.05) is 179 Å². The second-order valence-electron chi connectivity index (χ2n) is 16.1. The highest BCUT2D eigenvalue weighted by Gasteiger charge is 2.20. The number of aliphatic hydroxyl groups excluding tert-OH is 2. The van der Waals surface area contributed by atoms with E-state index in [1.807, 2.05) is 0 Å². The molecule has 0 spiro atoms. The highest BCUT2D eigenvalue weighted by atomic mass is 16.5. The molecule has 6 nitrogen and oxygen atoms in total. The first-order valence-electron chi connectivity index (χ1n) is 23.6. The van der Waals surface area contributed by atoms with Crippen LogP contribution in [0.15, 0.2) is 24.3 Å². The number of nitrogens with one attached hydrogen (secondary N) is 1. The maximum atomic E-state index is 12.4. The van der Waals surface area contributed by atoms with Gasteiger partial charge in [0.15, 0.2) is 0 Å². The van der Waals surface area contributed by atoms with Crippen LogP contribution in [0, 0.1) is 0 Å². The van der Waals surface area contributed by atoms with E-state index in [1.54, 1.807) is 0 Å². The third kappa shape index (κ3) is 40.0. The summed E-state index contributed by atoms with van der Waals surface area (Å²) >= 11 is 0. The zero-order chi connectivity index (χ0) is 39.4. The molecule has 6 heteroatoms. The van der Waals surface area contributed by atoms with Gasteiger partial charge in [0.1, 0.15) is 0 Å². The van der Waals surface area contributed by atoms with Crippen molar-refractivity contribution < 1.29 is 24.5 Å². The monoisotopic (exact) mass is 762 g/mol. The first kappa shape index (κ1) is 52.3. The van der Waals surface area contributed by atoms with Gasteiger partial charge in [0.25, 0.3) is 0 Å². The molecule has 0 saturated carbocycles. The normalized spacial score (nSPS) is 12.9. The Morgan fingerprint density at radius 1 is 0.500 bits per heavy atom. The van der Waals surface area contributed by atoms with Crippen molar-refractivity contribution in [2.45, 2.75) is 257 Å². The largest absolute Gasteiger partial charge is 0.466 e. The van der Waals surface area contributed by atoms with Crippen molar-refractivity contribution in [2.75, 3.05) is 13.2 Å². The minimum absolute atomic E-state index is 0.0417. The third-order valence-corrected chi connectivity index (χ3v) is 10.7. The molecule has 2 atom stereocenters. The van der Waals surface area contributed by atoms with Gasteiger partial charge in [-0.2, -0.15) is 0 Å². The van der Waals surface area contributed by atoms with E-state index < -0.39 is 12.1 Å². The smallest absolute Gasteiger partial charge is 0.305 e. The predicted molar refractivity (Wildman–Crippen MR) is 232 cm³/mol. The first-order chi connectivity index (χ1) is 26.5. The molecule has 0 aromatic rings. The average Bonchev–Trinajstić information content (AvgIpc) is 3.17. The van der Waals surface area contributed by atoms with Crippen LogP contribution >= 0.6 is 0 Å². The van der Waals surface area contributed by atoms with E-state index in [1.165, 1.54) is 128 Å². The molecule has 0 bridgehead atoms. The van der Waals surface area contributed by atoms with E-state index in [9.17, 15) is 19.8 Å². The average molecular weight is 762 g/mol. The van der Waals surface area contributed by atoms with E-state index in [-0.39, 0.29) is 18.5 Å². The summed E-state index contributed by atoms with van der Waals surface area (Å²) in [7, 11) is 0. The Balaban J connectivity index is 3.54. The minimum atomic E-state index is -0.681. The van der Waals surface area contributed by atoms with E-state index >= 15 is 0 Å². The van der Waals surface area contributed by atoms with Gasteiger partial charge in [0.2, 0.25) is 5.91 Å². The van der Waals surface area contributed by atoms with Crippen LogP contribution in [-0.4, -0.2) is 47.4 Å². The lowest BCUT2D eigenvalue weighted by Gasteiger charge is -2.22. The highest BCUT2D eigenvalue weighted by Crippen LogP contribution is 2.15. The lowest BCUT2D eigenvalue weighted by Crippen LogP contribution is -2.45. The number of ether oxygens (including phenoxy) is 1. The Morgan fingerprint density at radius 3 is 1.35 bits per heavy atom. The Hall–Kier alpha value is -1.66. The van der Waals surface area contributed by atoms with Gasteiger partial charge < -0.3 is 20.3 Å². The Labute approximate surface area is 335 Å². The summed E-state index contributed by atoms with van der Waals surface area (Å²) in [4.78, 5) is 24.4. The van der Waals surface area contributed by atoms with E-state index in [2.05, 4.69) is 43.5 Å². The number of hydrogen-bond donors (Lipinski definition) is 3. The fourth-order valence-electron chi connectivity index (χ4n) is 7.04. The highest BCUT2D eigenvalue weighted by molar-refractivity contribution is 5.76. The molecular weight excluding hydrogens is 671 g/mol. The number of allylic oxidation sites excluding steroid dienone is 4. The molecule has 0 saturated heterocycles. The van der Waals surface area contributed by atoms with Gasteiger partial charge in [-0.25, -0.2) is 0 Å². The number of hydrogen-bond acceptors (Lipinski definition) is 5. The fourth-order valence-corrected chi connectivity index (χ4v) is 7.04. The maximum Gasteiger partial charge on any atom is 0.305 e. The van der Waals surface area contributed by atoms with Crippen LogP contribution in [0.1, 0.15) is 245 Å². The van der Waals surface area contributed by atoms with Crippen LogP contribution < -0.4 is 5.32 Å². The molecule has 0 radical (unpaired) electrons. The van der Waals surface area contributed by atoms with Crippen LogP contribution in [0.2, 0.25) is 0 Å². The Morgan fingerprint density at radius 2 is 0.870 bits per heavy atom. The number of aliphatic hydroxyl groups is 2. The number of unbranched alkanes of at least 4 members (excludes halogenated alkanes) is 28. The molecule has 0 fully saturated rings. The topological polar surface area (TPSA) is 95.9 Å². The summed E-state index contributed by atoms with van der Waals surface area (Å²) < 4.78 is 5.41. The van der Waals surface area contributed by atoms with Crippen molar-refractivity contribution in [3.63, 3.8) is 0 Å². The summed E-state index contributed by atoms with van der Waals surface area (Å²) in [6.45, 7) is 4.84. The number of rotatable bonds is 43. The molecule has 0 aliphatic carbocycles. The molecule has 0 aliphatic heterocycles. The van der Waals surface area contributed by atoms with Crippen LogP contribution in [0.25, 0.3) is 0 Å². The molecular formula is C48H91NO5. The number of esters is 1. The molecule has 318 valence electrons. The SMILES string of the molecule is CCCCC/C=C\CCCCCCCC(=O)OCCCC/C=C\CCCCCCCC(=O)NC(CO)C(O)CCCCCCCCCCCCCCCC. The summed E-state index contributed by atoms with van der Waals surface area (Å²) in [5, 5.41) is 23.1. The van der Waals surface area contributed by atoms with Gasteiger partial charge in [0.05, 0.1) is 25.4 Å². The van der Waals surface area contributed by atoms with Crippen molar-refractivity contribution >= 4 is 11.9 Å². The Kier molecular flexibility index (Phi) is 42.7. The molecule has 3 N–H and O–H groups in total. The minimum Gasteiger partial charge on any atom is -0.466 e. The third-order valence-electron chi connectivity index (χ3n) is 10.7. The predicted octanol–water partition coefficient (Wildman–Crippen LogP) is 13.6. The summed E-state index contributed by atoms with van der Waals surface area (Å²) in [5.41, 5.74) is 0. The molecule has 0 aromatic heterocycles. The standard InChI is InChI=1S/C48H91NO5/c1-3-5-7-9-11-13-15-17-18-20-24-28-32-36-40-46(51)45(44-50)49-47(52)41-37-33-29-25-21-19-23-27-31-35-39-43-54-48(53)42-38-34-30-26-22-16-14-12-10-8-6-4-2/h12,14,23,27,45-46,50-51H,3-11,13,15-22,24-26,28-44H2,1-2H3,(H,49,52)/b14-12-,27-23-. The molecule has 0 heterocycles. The van der Waals surface area contributed by atoms with Gasteiger partial charge in [0, 0.05) is 12.8 Å². The summed E-state index contributed by atoms with van der Waals surface area (Å²) in [6.07, 6.45) is 49.9. The zero-order valence-electron chi connectivity index (χ0n) is 36.0. The van der Waals surface area contributed by atoms with Gasteiger partial charge in [-0.05, 0) is 77.0 Å². The van der Waals surface area contributed by atoms with Crippen LogP contribution in [0.3, 0.4) is 0 Å². The maximum absolute atomic E-state index is 12.4. The van der Waals surface area contributed by atoms with E-state index in [0.717, 1.165) is 83.5 Å². The number of carbonyl (C=O) groups excluding carboxylic acids is 2. The summed E-state index contributed by atoms with van der Waals surface area (Å²) in [6, 6.07) is -0.561. The van der Waals surface area contributed by atoms with Crippen LogP contribution in [0.5, 0.6) is 0 Å². The van der Waals surface area contributed by atoms with Gasteiger partial charge >= 0.3 is 5.97 Å². The quantitative estimate of drug-likeness (QED) is 0.0327. The lowest BCUT2D eigenvalue weighted by atomic mass is 10.0. The molecule has 2 unspecified atom stereocenters. The zero-order valence-corrected chi connectivity index (χ0v) is 36.0. The lowest BCUT2D eigenvalue weighted by molar-refractivity contribution is -0.143. The number of carbonyl (C=O) groups is 2. The van der Waals surface area contributed by atoms with Crippen molar-refractivity contribution in [3.8, 4) is 0 Å². The molecule has 0 rings (SSSR count). The molecule has 54 heavy (non-hydrogen) atoms. The van der Waals surface area contributed by atoms with Crippen molar-refractivity contribution in [1.29, 1.82) is 0 Å². The summed E-state index contributed by atoms with van der Waals surface area (Å²) in [5.74, 6) is -0.107. The molecule has 0 aromatic carbocycles. The van der Waals surface area contributed by atoms with Gasteiger partial charge in [-0.3, -0.25) is 9.59 Å². The van der Waals surface area contributed by atoms with Crippen LogP contribution in [-0.2, 0) is 14.3 Å². The molecule has 1 amide bonds. The van der Waals surface area contributed by atoms with Gasteiger partial charge in [-0.15, -0.1) is 0 Å². The second kappa shape index (κ2) is 44.1. The molecule has 0 aliphatic rings. The Bertz CT molecular complexity index is 843. The first-order valence-corrected chi connectivity index (χ1v) is 23.6. The van der Waals surface area contributed by atoms with Crippen molar-refractivity contribution in [2.24, 2.45) is 0 Å². The van der Waals surface area contributed by atoms with Crippen molar-refractivity contribution in [1.82, 2.24) is 5.32 Å². The fraction of sp³-hybridized carbons (Fsp3) is 0.875. The second-order valence-corrected chi connectivity index (χ2v) is 16.1. The van der Waals surface area contributed by atoms with Crippen molar-refractivity contribution in [3.05, 3.63) is 24.3 Å². The number of amides is 1.